The minimum absolute atomic E-state index is 0.187. The molecule has 2 rings (SSSR count). The molecule has 1 aromatic heterocycles. The van der Waals surface area contributed by atoms with E-state index in [1.807, 2.05) is 37.3 Å². The third-order valence-electron chi connectivity index (χ3n) is 2.94. The van der Waals surface area contributed by atoms with Gasteiger partial charge in [-0.05, 0) is 24.5 Å². The third-order valence-corrected chi connectivity index (χ3v) is 2.94. The molecule has 2 N–H and O–H groups in total. The van der Waals surface area contributed by atoms with E-state index in [2.05, 4.69) is 29.4 Å². The number of anilines is 1. The lowest BCUT2D eigenvalue weighted by atomic mass is 10.1. The smallest absolute Gasteiger partial charge is 0.249 e. The molecule has 0 saturated carbocycles. The van der Waals surface area contributed by atoms with Crippen molar-refractivity contribution in [3.8, 4) is 0 Å². The number of rotatable bonds is 4. The van der Waals surface area contributed by atoms with E-state index < -0.39 is 0 Å². The molecule has 2 aromatic rings. The summed E-state index contributed by atoms with van der Waals surface area (Å²) in [5, 5.41) is 9.69. The predicted molar refractivity (Wildman–Crippen MR) is 81.5 cm³/mol. The highest BCUT2D eigenvalue weighted by molar-refractivity contribution is 6.01. The van der Waals surface area contributed by atoms with Crippen molar-refractivity contribution in [1.29, 1.82) is 0 Å². The van der Waals surface area contributed by atoms with E-state index in [9.17, 15) is 4.79 Å². The number of hydrogen-bond acceptors (Lipinski definition) is 2. The molecule has 4 nitrogen and oxygen atoms in total. The maximum atomic E-state index is 11.8. The highest BCUT2D eigenvalue weighted by Gasteiger charge is 2.06. The van der Waals surface area contributed by atoms with Crippen LogP contribution in [0.5, 0.6) is 0 Å². The number of aromatic nitrogens is 2. The Kier molecular flexibility index (Phi) is 4.35. The van der Waals surface area contributed by atoms with Crippen LogP contribution in [0.4, 0.5) is 5.82 Å². The molecule has 1 aromatic carbocycles. The maximum Gasteiger partial charge on any atom is 0.249 e. The van der Waals surface area contributed by atoms with Crippen molar-refractivity contribution in [2.24, 2.45) is 0 Å². The lowest BCUT2D eigenvalue weighted by molar-refractivity contribution is -0.111. The zero-order valence-corrected chi connectivity index (χ0v) is 12.0. The van der Waals surface area contributed by atoms with Gasteiger partial charge in [0.15, 0.2) is 5.82 Å². The summed E-state index contributed by atoms with van der Waals surface area (Å²) in [5.74, 6) is 0.719. The van der Waals surface area contributed by atoms with Crippen LogP contribution in [0.15, 0.2) is 36.4 Å². The molecule has 0 fully saturated rings. The summed E-state index contributed by atoms with van der Waals surface area (Å²) < 4.78 is 0. The molecule has 0 aliphatic carbocycles. The van der Waals surface area contributed by atoms with Crippen LogP contribution >= 0.6 is 0 Å². The van der Waals surface area contributed by atoms with Gasteiger partial charge in [-0.1, -0.05) is 43.7 Å². The van der Waals surface area contributed by atoms with Crippen molar-refractivity contribution < 1.29 is 4.79 Å². The number of aryl methyl sites for hydroxylation is 1. The Balaban J connectivity index is 1.98. The monoisotopic (exact) mass is 269 g/mol. The number of amides is 1. The van der Waals surface area contributed by atoms with Gasteiger partial charge in [0.05, 0.1) is 0 Å². The molecule has 0 saturated heterocycles. The zero-order valence-electron chi connectivity index (χ0n) is 12.0. The normalized spacial score (nSPS) is 11.2. The second-order valence-electron chi connectivity index (χ2n) is 5.10. The molecular weight excluding hydrogens is 250 g/mol. The minimum Gasteiger partial charge on any atom is -0.306 e. The van der Waals surface area contributed by atoms with Crippen molar-refractivity contribution in [1.82, 2.24) is 10.2 Å². The van der Waals surface area contributed by atoms with Gasteiger partial charge in [0.1, 0.15) is 0 Å². The van der Waals surface area contributed by atoms with E-state index in [1.165, 1.54) is 11.6 Å². The molecule has 104 valence electrons. The van der Waals surface area contributed by atoms with E-state index in [-0.39, 0.29) is 5.91 Å². The Morgan fingerprint density at radius 3 is 2.80 bits per heavy atom. The predicted octanol–water partition coefficient (Wildman–Crippen LogP) is 3.49. The summed E-state index contributed by atoms with van der Waals surface area (Å²) in [7, 11) is 0. The average molecular weight is 269 g/mol. The number of aromatic amines is 1. The van der Waals surface area contributed by atoms with Gasteiger partial charge in [0.25, 0.3) is 0 Å². The number of hydrogen-bond donors (Lipinski definition) is 2. The van der Waals surface area contributed by atoms with Crippen molar-refractivity contribution in [2.75, 3.05) is 5.32 Å². The van der Waals surface area contributed by atoms with Crippen molar-refractivity contribution >= 4 is 17.8 Å². The summed E-state index contributed by atoms with van der Waals surface area (Å²) in [6.07, 6.45) is 3.30. The van der Waals surface area contributed by atoms with Crippen molar-refractivity contribution in [3.63, 3.8) is 0 Å². The molecule has 20 heavy (non-hydrogen) atoms. The molecule has 4 heteroatoms. The number of carbonyl (C=O) groups excluding carboxylic acids is 1. The van der Waals surface area contributed by atoms with Gasteiger partial charge >= 0.3 is 0 Å². The lowest BCUT2D eigenvalue weighted by Crippen LogP contribution is -2.07. The van der Waals surface area contributed by atoms with Crippen LogP contribution < -0.4 is 5.32 Å². The second-order valence-corrected chi connectivity index (χ2v) is 5.10. The van der Waals surface area contributed by atoms with E-state index in [0.717, 1.165) is 11.3 Å². The fourth-order valence-corrected chi connectivity index (χ4v) is 1.81. The first kappa shape index (κ1) is 14.1. The SMILES string of the molecule is Cc1cccc(/C=C/C(=O)Nc2cc(C(C)C)[nH]n2)c1. The number of nitrogens with one attached hydrogen (secondary N) is 2. The summed E-state index contributed by atoms with van der Waals surface area (Å²) in [5.41, 5.74) is 3.18. The highest BCUT2D eigenvalue weighted by Crippen LogP contribution is 2.14. The van der Waals surface area contributed by atoms with E-state index in [0.29, 0.717) is 11.7 Å². The first-order valence-corrected chi connectivity index (χ1v) is 6.65. The topological polar surface area (TPSA) is 57.8 Å². The van der Waals surface area contributed by atoms with Crippen LogP contribution in [-0.4, -0.2) is 16.1 Å². The van der Waals surface area contributed by atoms with Gasteiger partial charge in [-0.3, -0.25) is 9.89 Å². The Hall–Kier alpha value is -2.36. The third kappa shape index (κ3) is 3.82. The van der Waals surface area contributed by atoms with Crippen LogP contribution in [0.1, 0.15) is 36.6 Å². The largest absolute Gasteiger partial charge is 0.306 e. The molecular formula is C16H19N3O. The van der Waals surface area contributed by atoms with Gasteiger partial charge < -0.3 is 5.32 Å². The highest BCUT2D eigenvalue weighted by atomic mass is 16.1. The first-order chi connectivity index (χ1) is 9.54. The molecule has 0 bridgehead atoms. The Morgan fingerprint density at radius 2 is 2.15 bits per heavy atom. The van der Waals surface area contributed by atoms with Crippen LogP contribution in [0.3, 0.4) is 0 Å². The fraction of sp³-hybridized carbons (Fsp3) is 0.250. The maximum absolute atomic E-state index is 11.8. The average Bonchev–Trinajstić information content (AvgIpc) is 2.85. The minimum atomic E-state index is -0.187. The molecule has 0 atom stereocenters. The van der Waals surface area contributed by atoms with Crippen LogP contribution in [0, 0.1) is 6.92 Å². The van der Waals surface area contributed by atoms with Crippen molar-refractivity contribution in [3.05, 3.63) is 53.2 Å². The van der Waals surface area contributed by atoms with Gasteiger partial charge in [0, 0.05) is 17.8 Å². The number of benzene rings is 1. The molecule has 0 aliphatic heterocycles. The second kappa shape index (κ2) is 6.19. The lowest BCUT2D eigenvalue weighted by Gasteiger charge is -1.98. The van der Waals surface area contributed by atoms with Gasteiger partial charge in [-0.2, -0.15) is 5.10 Å². The Labute approximate surface area is 118 Å². The molecule has 0 unspecified atom stereocenters. The molecule has 0 spiro atoms. The summed E-state index contributed by atoms with van der Waals surface area (Å²) in [6, 6.07) is 9.82. The summed E-state index contributed by atoms with van der Waals surface area (Å²) in [4.78, 5) is 11.8. The zero-order chi connectivity index (χ0) is 14.5. The Bertz CT molecular complexity index is 626. The Morgan fingerprint density at radius 1 is 1.35 bits per heavy atom. The molecule has 0 radical (unpaired) electrons. The van der Waals surface area contributed by atoms with E-state index in [4.69, 9.17) is 0 Å². The van der Waals surface area contributed by atoms with Gasteiger partial charge in [-0.15, -0.1) is 0 Å². The van der Waals surface area contributed by atoms with Crippen molar-refractivity contribution in [2.45, 2.75) is 26.7 Å². The van der Waals surface area contributed by atoms with Gasteiger partial charge in [-0.25, -0.2) is 0 Å². The number of nitrogens with zero attached hydrogens (tertiary/aromatic N) is 1. The van der Waals surface area contributed by atoms with Crippen LogP contribution in [0.2, 0.25) is 0 Å². The quantitative estimate of drug-likeness (QED) is 0.835. The number of carbonyl (C=O) groups is 1. The van der Waals surface area contributed by atoms with Crippen LogP contribution in [0.25, 0.3) is 6.08 Å². The van der Waals surface area contributed by atoms with Gasteiger partial charge in [0.2, 0.25) is 5.91 Å². The fourth-order valence-electron chi connectivity index (χ4n) is 1.81. The van der Waals surface area contributed by atoms with E-state index in [1.54, 1.807) is 6.08 Å². The first-order valence-electron chi connectivity index (χ1n) is 6.65. The van der Waals surface area contributed by atoms with E-state index >= 15 is 0 Å². The molecule has 1 heterocycles. The molecule has 0 aliphatic rings. The summed E-state index contributed by atoms with van der Waals surface area (Å²) in [6.45, 7) is 6.15. The standard InChI is InChI=1S/C16H19N3O/c1-11(2)14-10-15(19-18-14)17-16(20)8-7-13-6-4-5-12(3)9-13/h4-11H,1-3H3,(H2,17,18,19,20)/b8-7+. The summed E-state index contributed by atoms with van der Waals surface area (Å²) >= 11 is 0. The van der Waals surface area contributed by atoms with Crippen LogP contribution in [-0.2, 0) is 4.79 Å². The number of H-pyrrole nitrogens is 1. The molecule has 1 amide bonds.